The molecular weight excluding hydrogens is 174 g/mol. The van der Waals surface area contributed by atoms with Crippen molar-refractivity contribution in [3.63, 3.8) is 0 Å². The highest BCUT2D eigenvalue weighted by molar-refractivity contribution is 5.62. The minimum absolute atomic E-state index is 1.03. The van der Waals surface area contributed by atoms with Gasteiger partial charge in [-0.1, -0.05) is 12.2 Å². The van der Waals surface area contributed by atoms with Crippen LogP contribution in [0.5, 0.6) is 0 Å². The molecule has 0 saturated heterocycles. The fraction of sp³-hybridized carbons (Fsp3) is 0.273. The van der Waals surface area contributed by atoms with Gasteiger partial charge in [-0.05, 0) is 13.8 Å². The first-order valence-electron chi connectivity index (χ1n) is 4.62. The second kappa shape index (κ2) is 5.91. The van der Waals surface area contributed by atoms with Gasteiger partial charge in [0.15, 0.2) is 0 Å². The molecule has 0 N–H and O–H groups in total. The van der Waals surface area contributed by atoms with Gasteiger partial charge in [0.2, 0.25) is 0 Å². The van der Waals surface area contributed by atoms with Crippen molar-refractivity contribution in [2.24, 2.45) is 4.99 Å². The van der Waals surface area contributed by atoms with Crippen LogP contribution in [-0.4, -0.2) is 15.8 Å². The Balaban J connectivity index is 0.000000165. The van der Waals surface area contributed by atoms with Crippen LogP contribution in [0, 0.1) is 0 Å². The predicted octanol–water partition coefficient (Wildman–Crippen LogP) is 2.74. The van der Waals surface area contributed by atoms with E-state index in [4.69, 9.17) is 0 Å². The van der Waals surface area contributed by atoms with E-state index in [1.54, 1.807) is 18.7 Å². The summed E-state index contributed by atoms with van der Waals surface area (Å²) < 4.78 is 1.97. The fourth-order valence-electron chi connectivity index (χ4n) is 0.921. The van der Waals surface area contributed by atoms with Gasteiger partial charge in [0.05, 0.1) is 6.33 Å². The summed E-state index contributed by atoms with van der Waals surface area (Å²) in [5, 5.41) is 0. The van der Waals surface area contributed by atoms with Crippen LogP contribution in [0.25, 0.3) is 5.70 Å². The standard InChI is InChI=1S/C7H10N2.C4H5N/c1-3-7(2)9-5-4-8-6-9;1-2-4-5-3-1/h3-6H,1-2H3;1,3-4H,2H2/b7-3+;. The van der Waals surface area contributed by atoms with Crippen LogP contribution in [-0.2, 0) is 0 Å². The normalized spacial score (nSPS) is 14.0. The molecule has 0 saturated carbocycles. The molecule has 0 aliphatic carbocycles. The number of nitrogens with zero attached hydrogens (tertiary/aromatic N) is 3. The van der Waals surface area contributed by atoms with Crippen LogP contribution >= 0.6 is 0 Å². The van der Waals surface area contributed by atoms with Crippen molar-refractivity contribution in [1.82, 2.24) is 9.55 Å². The highest BCUT2D eigenvalue weighted by atomic mass is 15.0. The predicted molar refractivity (Wildman–Crippen MR) is 60.1 cm³/mol. The van der Waals surface area contributed by atoms with Crippen molar-refractivity contribution in [2.45, 2.75) is 20.3 Å². The lowest BCUT2D eigenvalue weighted by atomic mass is 10.4. The zero-order valence-electron chi connectivity index (χ0n) is 8.59. The maximum Gasteiger partial charge on any atom is 0.0988 e. The number of hydrogen-bond donors (Lipinski definition) is 0. The van der Waals surface area contributed by atoms with E-state index >= 15 is 0 Å². The van der Waals surface area contributed by atoms with Gasteiger partial charge in [-0.15, -0.1) is 0 Å². The molecule has 0 atom stereocenters. The van der Waals surface area contributed by atoms with Gasteiger partial charge in [-0.2, -0.15) is 0 Å². The van der Waals surface area contributed by atoms with E-state index in [9.17, 15) is 0 Å². The van der Waals surface area contributed by atoms with Crippen LogP contribution in [0.1, 0.15) is 20.3 Å². The lowest BCUT2D eigenvalue weighted by molar-refractivity contribution is 1.07. The Labute approximate surface area is 84.5 Å². The molecule has 0 unspecified atom stereocenters. The van der Waals surface area contributed by atoms with Crippen molar-refractivity contribution in [1.29, 1.82) is 0 Å². The van der Waals surface area contributed by atoms with E-state index in [1.165, 1.54) is 5.70 Å². The van der Waals surface area contributed by atoms with Gasteiger partial charge in [0.25, 0.3) is 0 Å². The van der Waals surface area contributed by atoms with Gasteiger partial charge in [0, 0.05) is 36.9 Å². The van der Waals surface area contributed by atoms with Crippen LogP contribution in [0.3, 0.4) is 0 Å². The van der Waals surface area contributed by atoms with Crippen molar-refractivity contribution in [3.05, 3.63) is 37.1 Å². The molecule has 0 fully saturated rings. The molecule has 14 heavy (non-hydrogen) atoms. The van der Waals surface area contributed by atoms with Gasteiger partial charge < -0.3 is 4.57 Å². The van der Waals surface area contributed by atoms with E-state index in [2.05, 4.69) is 9.98 Å². The second-order valence-electron chi connectivity index (χ2n) is 2.85. The summed E-state index contributed by atoms with van der Waals surface area (Å²) in [6.45, 7) is 4.05. The summed E-state index contributed by atoms with van der Waals surface area (Å²) in [5.74, 6) is 0. The first-order valence-corrected chi connectivity index (χ1v) is 4.62. The molecule has 2 heterocycles. The number of hydrogen-bond acceptors (Lipinski definition) is 2. The molecule has 0 radical (unpaired) electrons. The molecule has 3 heteroatoms. The SMILES string of the molecule is C/C=C(\C)n1ccnc1.C1=CN=CC1. The highest BCUT2D eigenvalue weighted by Gasteiger charge is 1.86. The highest BCUT2D eigenvalue weighted by Crippen LogP contribution is 1.99. The van der Waals surface area contributed by atoms with Crippen molar-refractivity contribution >= 4 is 11.9 Å². The van der Waals surface area contributed by atoms with E-state index in [1.807, 2.05) is 43.0 Å². The van der Waals surface area contributed by atoms with E-state index in [0.717, 1.165) is 6.42 Å². The third-order valence-corrected chi connectivity index (χ3v) is 1.87. The summed E-state index contributed by atoms with van der Waals surface area (Å²) in [5.41, 5.74) is 1.20. The summed E-state index contributed by atoms with van der Waals surface area (Å²) in [4.78, 5) is 7.69. The minimum Gasteiger partial charge on any atom is -0.311 e. The first-order chi connectivity index (χ1) is 6.84. The zero-order chi connectivity index (χ0) is 10.2. The second-order valence-corrected chi connectivity index (χ2v) is 2.85. The van der Waals surface area contributed by atoms with Crippen molar-refractivity contribution < 1.29 is 0 Å². The maximum atomic E-state index is 3.91. The summed E-state index contributed by atoms with van der Waals surface area (Å²) in [6.07, 6.45) is 14.2. The Kier molecular flexibility index (Phi) is 4.41. The van der Waals surface area contributed by atoms with Crippen LogP contribution in [0.2, 0.25) is 0 Å². The molecule has 0 amide bonds. The molecule has 0 bridgehead atoms. The average molecular weight is 189 g/mol. The smallest absolute Gasteiger partial charge is 0.0988 e. The topological polar surface area (TPSA) is 30.2 Å². The van der Waals surface area contributed by atoms with Crippen LogP contribution < -0.4 is 0 Å². The fourth-order valence-corrected chi connectivity index (χ4v) is 0.921. The Bertz CT molecular complexity index is 321. The Morgan fingerprint density at radius 3 is 2.71 bits per heavy atom. The Morgan fingerprint density at radius 1 is 1.50 bits per heavy atom. The third-order valence-electron chi connectivity index (χ3n) is 1.87. The monoisotopic (exact) mass is 189 g/mol. The number of aromatic nitrogens is 2. The lowest BCUT2D eigenvalue weighted by Crippen LogP contribution is -1.86. The molecule has 0 aromatic carbocycles. The third kappa shape index (κ3) is 3.39. The molecule has 1 aromatic rings. The number of allylic oxidation sites excluding steroid dienone is 3. The van der Waals surface area contributed by atoms with Gasteiger partial charge in [-0.25, -0.2) is 4.98 Å². The first kappa shape index (κ1) is 10.4. The molecule has 1 aliphatic heterocycles. The van der Waals surface area contributed by atoms with Crippen LogP contribution in [0.4, 0.5) is 0 Å². The maximum absolute atomic E-state index is 3.91. The lowest BCUT2D eigenvalue weighted by Gasteiger charge is -1.96. The molecule has 3 nitrogen and oxygen atoms in total. The molecule has 74 valence electrons. The van der Waals surface area contributed by atoms with E-state index in [0.29, 0.717) is 0 Å². The molecule has 1 aromatic heterocycles. The quantitative estimate of drug-likeness (QED) is 0.668. The number of imidazole rings is 1. The molecule has 2 rings (SSSR count). The van der Waals surface area contributed by atoms with Gasteiger partial charge >= 0.3 is 0 Å². The van der Waals surface area contributed by atoms with E-state index < -0.39 is 0 Å². The summed E-state index contributed by atoms with van der Waals surface area (Å²) >= 11 is 0. The van der Waals surface area contributed by atoms with Crippen LogP contribution in [0.15, 0.2) is 42.1 Å². The minimum atomic E-state index is 1.03. The van der Waals surface area contributed by atoms with E-state index in [-0.39, 0.29) is 0 Å². The molecule has 0 spiro atoms. The van der Waals surface area contributed by atoms with Gasteiger partial charge in [0.1, 0.15) is 0 Å². The molecular formula is C11H15N3. The summed E-state index contributed by atoms with van der Waals surface area (Å²) in [6, 6.07) is 0. The number of aliphatic imine (C=N–C) groups is 1. The Hall–Kier alpha value is -1.64. The largest absolute Gasteiger partial charge is 0.311 e. The summed E-state index contributed by atoms with van der Waals surface area (Å²) in [7, 11) is 0. The average Bonchev–Trinajstić information content (AvgIpc) is 2.91. The molecule has 1 aliphatic rings. The number of rotatable bonds is 1. The van der Waals surface area contributed by atoms with Crippen molar-refractivity contribution in [3.8, 4) is 0 Å². The zero-order valence-corrected chi connectivity index (χ0v) is 8.59. The Morgan fingerprint density at radius 2 is 2.36 bits per heavy atom. The van der Waals surface area contributed by atoms with Gasteiger partial charge in [-0.3, -0.25) is 4.99 Å². The van der Waals surface area contributed by atoms with Crippen molar-refractivity contribution in [2.75, 3.05) is 0 Å².